The Balaban J connectivity index is 1.55. The first kappa shape index (κ1) is 15.6. The molecule has 0 unspecified atom stereocenters. The van der Waals surface area contributed by atoms with E-state index in [1.54, 1.807) is 6.07 Å². The molecule has 1 atom stereocenters. The number of benzene rings is 2. The molecule has 0 radical (unpaired) electrons. The highest BCUT2D eigenvalue weighted by Crippen LogP contribution is 2.30. The van der Waals surface area contributed by atoms with Crippen molar-refractivity contribution in [3.8, 4) is 0 Å². The molecule has 2 aromatic carbocycles. The SMILES string of the molecule is Cc1cccc2c(=O)n(CC(=O)N[C@@H]3CCc4ccccc43)cnc12. The van der Waals surface area contributed by atoms with Crippen LogP contribution in [-0.4, -0.2) is 15.5 Å². The monoisotopic (exact) mass is 333 g/mol. The van der Waals surface area contributed by atoms with Gasteiger partial charge in [0.2, 0.25) is 5.91 Å². The van der Waals surface area contributed by atoms with Gasteiger partial charge in [0, 0.05) is 0 Å². The summed E-state index contributed by atoms with van der Waals surface area (Å²) in [5, 5.41) is 3.59. The van der Waals surface area contributed by atoms with Gasteiger partial charge in [0.25, 0.3) is 5.56 Å². The van der Waals surface area contributed by atoms with Crippen LogP contribution in [0.15, 0.2) is 53.6 Å². The van der Waals surface area contributed by atoms with Crippen LogP contribution >= 0.6 is 0 Å². The van der Waals surface area contributed by atoms with Crippen molar-refractivity contribution >= 4 is 16.8 Å². The first-order chi connectivity index (χ1) is 12.1. The van der Waals surface area contributed by atoms with Gasteiger partial charge in [0.1, 0.15) is 6.54 Å². The van der Waals surface area contributed by atoms with Crippen LogP contribution in [0.25, 0.3) is 10.9 Å². The molecular formula is C20H19N3O2. The third-order valence-corrected chi connectivity index (χ3v) is 4.84. The number of nitrogens with zero attached hydrogens (tertiary/aromatic N) is 2. The van der Waals surface area contributed by atoms with Crippen molar-refractivity contribution in [3.05, 3.63) is 75.8 Å². The summed E-state index contributed by atoms with van der Waals surface area (Å²) >= 11 is 0. The molecule has 1 amide bonds. The molecule has 1 heterocycles. The highest BCUT2D eigenvalue weighted by Gasteiger charge is 2.23. The molecule has 0 fully saturated rings. The normalized spacial score (nSPS) is 16.0. The third-order valence-electron chi connectivity index (χ3n) is 4.84. The van der Waals surface area contributed by atoms with Gasteiger partial charge in [-0.15, -0.1) is 0 Å². The van der Waals surface area contributed by atoms with E-state index in [1.807, 2.05) is 31.2 Å². The Labute approximate surface area is 145 Å². The minimum Gasteiger partial charge on any atom is -0.348 e. The van der Waals surface area contributed by atoms with E-state index >= 15 is 0 Å². The van der Waals surface area contributed by atoms with E-state index in [2.05, 4.69) is 22.4 Å². The van der Waals surface area contributed by atoms with Crippen LogP contribution in [-0.2, 0) is 17.8 Å². The highest BCUT2D eigenvalue weighted by atomic mass is 16.2. The van der Waals surface area contributed by atoms with Crippen LogP contribution in [0.5, 0.6) is 0 Å². The molecule has 1 N–H and O–H groups in total. The summed E-state index contributed by atoms with van der Waals surface area (Å²) < 4.78 is 1.37. The lowest BCUT2D eigenvalue weighted by Crippen LogP contribution is -2.34. The smallest absolute Gasteiger partial charge is 0.261 e. The Hall–Kier alpha value is -2.95. The van der Waals surface area contributed by atoms with E-state index in [0.717, 1.165) is 18.4 Å². The zero-order valence-corrected chi connectivity index (χ0v) is 14.0. The van der Waals surface area contributed by atoms with E-state index in [1.165, 1.54) is 22.0 Å². The van der Waals surface area contributed by atoms with Gasteiger partial charge >= 0.3 is 0 Å². The minimum atomic E-state index is -0.185. The highest BCUT2D eigenvalue weighted by molar-refractivity contribution is 5.81. The second kappa shape index (κ2) is 6.16. The second-order valence-electron chi connectivity index (χ2n) is 6.51. The van der Waals surface area contributed by atoms with Gasteiger partial charge in [-0.2, -0.15) is 0 Å². The van der Waals surface area contributed by atoms with Crippen LogP contribution in [0.3, 0.4) is 0 Å². The van der Waals surface area contributed by atoms with E-state index in [9.17, 15) is 9.59 Å². The van der Waals surface area contributed by atoms with Gasteiger partial charge < -0.3 is 5.32 Å². The molecule has 0 spiro atoms. The Morgan fingerprint density at radius 3 is 2.96 bits per heavy atom. The molecule has 5 heteroatoms. The standard InChI is InChI=1S/C20H19N3O2/c1-13-5-4-8-16-19(13)21-12-23(20(16)25)11-18(24)22-17-10-9-14-6-2-3-7-15(14)17/h2-8,12,17H,9-11H2,1H3,(H,22,24)/t17-/m1/s1. The largest absolute Gasteiger partial charge is 0.348 e. The molecule has 1 aromatic heterocycles. The summed E-state index contributed by atoms with van der Waals surface area (Å²) in [4.78, 5) is 29.4. The number of aromatic nitrogens is 2. The number of para-hydroxylation sites is 1. The molecule has 0 aliphatic heterocycles. The molecule has 25 heavy (non-hydrogen) atoms. The molecule has 1 aliphatic carbocycles. The van der Waals surface area contributed by atoms with Crippen molar-refractivity contribution in [2.24, 2.45) is 0 Å². The molecule has 1 aliphatic rings. The molecule has 126 valence electrons. The third kappa shape index (κ3) is 2.82. The summed E-state index contributed by atoms with van der Waals surface area (Å²) in [6.07, 6.45) is 3.33. The summed E-state index contributed by atoms with van der Waals surface area (Å²) in [5.74, 6) is -0.169. The van der Waals surface area contributed by atoms with E-state index < -0.39 is 0 Å². The molecule has 4 rings (SSSR count). The second-order valence-corrected chi connectivity index (χ2v) is 6.51. The predicted molar refractivity (Wildman–Crippen MR) is 96.4 cm³/mol. The zero-order chi connectivity index (χ0) is 17.4. The van der Waals surface area contributed by atoms with E-state index in [-0.39, 0.29) is 24.1 Å². The van der Waals surface area contributed by atoms with E-state index in [0.29, 0.717) is 10.9 Å². The quantitative estimate of drug-likeness (QED) is 0.801. The molecule has 3 aromatic rings. The Morgan fingerprint density at radius 2 is 2.08 bits per heavy atom. The number of rotatable bonds is 3. The maximum atomic E-state index is 12.6. The van der Waals surface area contributed by atoms with Gasteiger partial charge in [-0.05, 0) is 42.5 Å². The van der Waals surface area contributed by atoms with Crippen molar-refractivity contribution in [3.63, 3.8) is 0 Å². The minimum absolute atomic E-state index is 0.0195. The number of fused-ring (bicyclic) bond motifs is 2. The van der Waals surface area contributed by atoms with Crippen LogP contribution < -0.4 is 10.9 Å². The van der Waals surface area contributed by atoms with Gasteiger partial charge in [-0.25, -0.2) is 4.98 Å². The van der Waals surface area contributed by atoms with Crippen molar-refractivity contribution < 1.29 is 4.79 Å². The van der Waals surface area contributed by atoms with Crippen molar-refractivity contribution in [1.29, 1.82) is 0 Å². The van der Waals surface area contributed by atoms with Crippen LogP contribution in [0, 0.1) is 6.92 Å². The molecular weight excluding hydrogens is 314 g/mol. The van der Waals surface area contributed by atoms with Crippen molar-refractivity contribution in [1.82, 2.24) is 14.9 Å². The fraction of sp³-hybridized carbons (Fsp3) is 0.250. The lowest BCUT2D eigenvalue weighted by molar-refractivity contribution is -0.122. The van der Waals surface area contributed by atoms with Gasteiger partial charge in [-0.1, -0.05) is 36.4 Å². The van der Waals surface area contributed by atoms with Gasteiger partial charge in [0.15, 0.2) is 0 Å². The molecule has 0 saturated carbocycles. The molecule has 0 bridgehead atoms. The maximum absolute atomic E-state index is 12.6. The topological polar surface area (TPSA) is 64.0 Å². The lowest BCUT2D eigenvalue weighted by Gasteiger charge is -2.15. The Morgan fingerprint density at radius 1 is 1.24 bits per heavy atom. The van der Waals surface area contributed by atoms with Crippen LogP contribution in [0.2, 0.25) is 0 Å². The fourth-order valence-corrected chi connectivity index (χ4v) is 3.55. The van der Waals surface area contributed by atoms with Crippen LogP contribution in [0.4, 0.5) is 0 Å². The average Bonchev–Trinajstić information content (AvgIpc) is 3.01. The Bertz CT molecular complexity index is 1020. The number of carbonyl (C=O) groups is 1. The maximum Gasteiger partial charge on any atom is 0.261 e. The zero-order valence-electron chi connectivity index (χ0n) is 14.0. The van der Waals surface area contributed by atoms with Gasteiger partial charge in [0.05, 0.1) is 23.3 Å². The number of amides is 1. The van der Waals surface area contributed by atoms with Gasteiger partial charge in [-0.3, -0.25) is 14.2 Å². The number of aryl methyl sites for hydroxylation is 2. The fourth-order valence-electron chi connectivity index (χ4n) is 3.55. The predicted octanol–water partition coefficient (Wildman–Crippen LogP) is 2.51. The molecule has 5 nitrogen and oxygen atoms in total. The van der Waals surface area contributed by atoms with E-state index in [4.69, 9.17) is 0 Å². The Kier molecular flexibility index (Phi) is 3.84. The summed E-state index contributed by atoms with van der Waals surface area (Å²) in [5.41, 5.74) is 3.92. The number of hydrogen-bond donors (Lipinski definition) is 1. The first-order valence-corrected chi connectivity index (χ1v) is 8.45. The summed E-state index contributed by atoms with van der Waals surface area (Å²) in [6.45, 7) is 1.90. The van der Waals surface area contributed by atoms with Crippen LogP contribution in [0.1, 0.15) is 29.2 Å². The van der Waals surface area contributed by atoms with Crippen molar-refractivity contribution in [2.45, 2.75) is 32.4 Å². The molecule has 0 saturated heterocycles. The summed E-state index contributed by atoms with van der Waals surface area (Å²) in [7, 11) is 0. The summed E-state index contributed by atoms with van der Waals surface area (Å²) in [6, 6.07) is 13.7. The van der Waals surface area contributed by atoms with Crippen molar-refractivity contribution in [2.75, 3.05) is 0 Å². The average molecular weight is 333 g/mol. The number of carbonyl (C=O) groups excluding carboxylic acids is 1. The number of nitrogens with one attached hydrogen (secondary N) is 1. The number of hydrogen-bond acceptors (Lipinski definition) is 3. The first-order valence-electron chi connectivity index (χ1n) is 8.45. The lowest BCUT2D eigenvalue weighted by atomic mass is 10.1.